The lowest BCUT2D eigenvalue weighted by Crippen LogP contribution is -2.37. The van der Waals surface area contributed by atoms with Crippen molar-refractivity contribution in [3.05, 3.63) is 66.2 Å². The van der Waals surface area contributed by atoms with Crippen LogP contribution in [0.2, 0.25) is 0 Å². The summed E-state index contributed by atoms with van der Waals surface area (Å²) in [6.07, 6.45) is 1.04. The molecule has 2 aromatic rings. The predicted octanol–water partition coefficient (Wildman–Crippen LogP) is 2.69. The number of nitrogens with one attached hydrogen (secondary N) is 1. The first-order valence-corrected chi connectivity index (χ1v) is 8.69. The number of hydrogen-bond donors (Lipinski definition) is 1. The van der Waals surface area contributed by atoms with E-state index < -0.39 is 5.54 Å². The minimum Gasteiger partial charge on any atom is -0.391 e. The molecule has 1 saturated carbocycles. The highest BCUT2D eigenvalue weighted by atomic mass is 16.6. The summed E-state index contributed by atoms with van der Waals surface area (Å²) in [6, 6.07) is 18.5. The third-order valence-electron chi connectivity index (χ3n) is 5.40. The lowest BCUT2D eigenvalue weighted by molar-refractivity contribution is -0.120. The van der Waals surface area contributed by atoms with Gasteiger partial charge in [0.15, 0.2) is 0 Å². The Morgan fingerprint density at radius 1 is 1.04 bits per heavy atom. The van der Waals surface area contributed by atoms with Crippen LogP contribution in [0.25, 0.3) is 0 Å². The van der Waals surface area contributed by atoms with Crippen molar-refractivity contribution in [1.29, 1.82) is 0 Å². The van der Waals surface area contributed by atoms with E-state index in [4.69, 9.17) is 4.84 Å². The molecule has 0 bridgehead atoms. The molecule has 3 amide bonds. The van der Waals surface area contributed by atoms with E-state index in [2.05, 4.69) is 10.5 Å². The van der Waals surface area contributed by atoms with Gasteiger partial charge in [-0.25, -0.2) is 9.69 Å². The van der Waals surface area contributed by atoms with Crippen LogP contribution >= 0.6 is 0 Å². The maximum absolute atomic E-state index is 13.0. The normalized spacial score (nSPS) is 29.5. The summed E-state index contributed by atoms with van der Waals surface area (Å²) in [5, 5.41) is 7.09. The van der Waals surface area contributed by atoms with Crippen molar-refractivity contribution < 1.29 is 14.4 Å². The zero-order valence-electron chi connectivity index (χ0n) is 14.0. The molecule has 5 rings (SSSR count). The van der Waals surface area contributed by atoms with Crippen LogP contribution in [0, 0.1) is 5.92 Å². The number of urea groups is 1. The summed E-state index contributed by atoms with van der Waals surface area (Å²) in [6.45, 7) is 0. The Labute approximate surface area is 150 Å². The average Bonchev–Trinajstić information content (AvgIpc) is 3.08. The highest BCUT2D eigenvalue weighted by molar-refractivity contribution is 6.24. The lowest BCUT2D eigenvalue weighted by Gasteiger charge is -2.14. The topological polar surface area (TPSA) is 71.0 Å². The van der Waals surface area contributed by atoms with Crippen LogP contribution in [0.15, 0.2) is 65.8 Å². The summed E-state index contributed by atoms with van der Waals surface area (Å²) in [7, 11) is 0. The van der Waals surface area contributed by atoms with Gasteiger partial charge in [0, 0.05) is 12.3 Å². The van der Waals surface area contributed by atoms with Gasteiger partial charge in [0.05, 0.1) is 11.4 Å². The molecule has 2 heterocycles. The Bertz CT molecular complexity index is 912. The Balaban J connectivity index is 1.33. The third kappa shape index (κ3) is 2.15. The van der Waals surface area contributed by atoms with Crippen molar-refractivity contribution >= 4 is 23.3 Å². The van der Waals surface area contributed by atoms with Gasteiger partial charge in [-0.1, -0.05) is 53.7 Å². The van der Waals surface area contributed by atoms with E-state index in [-0.39, 0.29) is 24.0 Å². The van der Waals surface area contributed by atoms with Gasteiger partial charge in [-0.3, -0.25) is 4.79 Å². The maximum Gasteiger partial charge on any atom is 0.329 e. The van der Waals surface area contributed by atoms with Crippen LogP contribution in [-0.4, -0.2) is 29.3 Å². The number of imide groups is 1. The molecule has 0 unspecified atom stereocenters. The molecule has 0 aromatic heterocycles. The molecule has 2 aliphatic heterocycles. The van der Waals surface area contributed by atoms with Crippen LogP contribution in [-0.2, 0) is 9.63 Å². The summed E-state index contributed by atoms with van der Waals surface area (Å²) >= 11 is 0. The number of anilines is 1. The molecule has 1 aliphatic carbocycles. The van der Waals surface area contributed by atoms with E-state index in [0.717, 1.165) is 11.3 Å². The van der Waals surface area contributed by atoms with Crippen molar-refractivity contribution in [3.63, 3.8) is 0 Å². The van der Waals surface area contributed by atoms with Gasteiger partial charge < -0.3 is 10.2 Å². The molecule has 1 saturated heterocycles. The largest absolute Gasteiger partial charge is 0.391 e. The van der Waals surface area contributed by atoms with Crippen molar-refractivity contribution in [2.24, 2.45) is 11.1 Å². The number of para-hydroxylation sites is 1. The van der Waals surface area contributed by atoms with Crippen LogP contribution in [0.3, 0.4) is 0 Å². The van der Waals surface area contributed by atoms with E-state index in [1.165, 1.54) is 4.90 Å². The number of carbonyl (C=O) groups is 2. The Morgan fingerprint density at radius 2 is 1.73 bits per heavy atom. The number of amides is 3. The second kappa shape index (κ2) is 5.42. The first kappa shape index (κ1) is 15.1. The fourth-order valence-corrected chi connectivity index (χ4v) is 3.94. The van der Waals surface area contributed by atoms with Crippen molar-refractivity contribution in [1.82, 2.24) is 5.32 Å². The molecular weight excluding hydrogens is 330 g/mol. The number of rotatable bonds is 3. The molecule has 6 nitrogen and oxygen atoms in total. The average molecular weight is 347 g/mol. The number of carbonyl (C=O) groups excluding carboxylic acids is 2. The molecule has 3 atom stereocenters. The predicted molar refractivity (Wildman–Crippen MR) is 95.8 cm³/mol. The zero-order valence-corrected chi connectivity index (χ0v) is 14.0. The van der Waals surface area contributed by atoms with Gasteiger partial charge in [-0.05, 0) is 24.1 Å². The Morgan fingerprint density at radius 3 is 2.46 bits per heavy atom. The van der Waals surface area contributed by atoms with Crippen molar-refractivity contribution in [2.45, 2.75) is 24.5 Å². The zero-order chi connectivity index (χ0) is 17.7. The number of hydrogen-bond acceptors (Lipinski definition) is 4. The Kier molecular flexibility index (Phi) is 3.16. The van der Waals surface area contributed by atoms with E-state index in [9.17, 15) is 9.59 Å². The van der Waals surface area contributed by atoms with E-state index in [1.807, 2.05) is 48.5 Å². The SMILES string of the molecule is O=C1N[C@]2(C[C@@H]2[C@@H]2CC(c3ccccc3)=NO2)C(=O)N1c1ccccc1. The summed E-state index contributed by atoms with van der Waals surface area (Å²) in [5.41, 5.74) is 1.65. The van der Waals surface area contributed by atoms with Crippen LogP contribution < -0.4 is 10.2 Å². The molecule has 26 heavy (non-hydrogen) atoms. The quantitative estimate of drug-likeness (QED) is 0.868. The molecule has 2 fully saturated rings. The number of oxime groups is 1. The van der Waals surface area contributed by atoms with Gasteiger partial charge in [-0.2, -0.15) is 0 Å². The lowest BCUT2D eigenvalue weighted by atomic mass is 10.0. The van der Waals surface area contributed by atoms with Gasteiger partial charge in [0.25, 0.3) is 5.91 Å². The summed E-state index contributed by atoms with van der Waals surface area (Å²) in [5.74, 6) is -0.256. The van der Waals surface area contributed by atoms with Crippen LogP contribution in [0.4, 0.5) is 10.5 Å². The van der Waals surface area contributed by atoms with E-state index in [1.54, 1.807) is 12.1 Å². The van der Waals surface area contributed by atoms with Gasteiger partial charge >= 0.3 is 6.03 Å². The summed E-state index contributed by atoms with van der Waals surface area (Å²) in [4.78, 5) is 32.2. The summed E-state index contributed by atoms with van der Waals surface area (Å²) < 4.78 is 0. The fourth-order valence-electron chi connectivity index (χ4n) is 3.94. The van der Waals surface area contributed by atoms with E-state index >= 15 is 0 Å². The molecule has 2 aromatic carbocycles. The number of nitrogens with zero attached hydrogens (tertiary/aromatic N) is 2. The minimum absolute atomic E-state index is 0.0578. The molecule has 0 radical (unpaired) electrons. The Hall–Kier alpha value is -3.15. The first-order chi connectivity index (χ1) is 12.7. The smallest absolute Gasteiger partial charge is 0.329 e. The minimum atomic E-state index is -0.848. The van der Waals surface area contributed by atoms with Gasteiger partial charge in [0.2, 0.25) is 0 Å². The van der Waals surface area contributed by atoms with Gasteiger partial charge in [0.1, 0.15) is 11.6 Å². The molecule has 130 valence electrons. The molecular formula is C20H17N3O3. The second-order valence-corrected chi connectivity index (χ2v) is 6.94. The monoisotopic (exact) mass is 347 g/mol. The van der Waals surface area contributed by atoms with Gasteiger partial charge in [-0.15, -0.1) is 0 Å². The third-order valence-corrected chi connectivity index (χ3v) is 5.40. The highest BCUT2D eigenvalue weighted by Gasteiger charge is 2.70. The molecule has 1 spiro atoms. The van der Waals surface area contributed by atoms with Crippen LogP contribution in [0.5, 0.6) is 0 Å². The standard InChI is InChI=1S/C20H17N3O3/c24-18-20(21-19(25)23(18)14-9-5-2-6-10-14)12-15(20)17-11-16(22-26-17)13-7-3-1-4-8-13/h1-10,15,17H,11-12H2,(H,21,25)/t15-,17+,20+/m1/s1. The fraction of sp³-hybridized carbons (Fsp3) is 0.250. The molecule has 1 N–H and O–H groups in total. The highest BCUT2D eigenvalue weighted by Crippen LogP contribution is 2.52. The first-order valence-electron chi connectivity index (χ1n) is 8.69. The number of benzene rings is 2. The van der Waals surface area contributed by atoms with Crippen molar-refractivity contribution in [3.8, 4) is 0 Å². The molecule has 3 aliphatic rings. The maximum atomic E-state index is 13.0. The van der Waals surface area contributed by atoms with E-state index in [0.29, 0.717) is 18.5 Å². The van der Waals surface area contributed by atoms with Crippen LogP contribution in [0.1, 0.15) is 18.4 Å². The second-order valence-electron chi connectivity index (χ2n) is 6.94. The van der Waals surface area contributed by atoms with Crippen molar-refractivity contribution in [2.75, 3.05) is 4.90 Å². The molecule has 6 heteroatoms.